The van der Waals surface area contributed by atoms with Gasteiger partial charge in [0.1, 0.15) is 0 Å². The molecule has 2 bridgehead atoms. The zero-order chi connectivity index (χ0) is 8.89. The smallest absolute Gasteiger partial charge is 0.0283 e. The second kappa shape index (κ2) is 2.60. The standard InChI is InChI=1S/C12H13Br/c13-8-9-1-3-11(4-2-9)12-5-10(6-12)7-12/h1-4,10H,5-8H2. The molecule has 0 atom stereocenters. The van der Waals surface area contributed by atoms with Crippen molar-refractivity contribution in [2.45, 2.75) is 30.0 Å². The van der Waals surface area contributed by atoms with Crippen LogP contribution in [0.2, 0.25) is 0 Å². The molecule has 0 heterocycles. The van der Waals surface area contributed by atoms with E-state index in [2.05, 4.69) is 40.2 Å². The first-order chi connectivity index (χ1) is 6.32. The Morgan fingerprint density at radius 2 is 1.77 bits per heavy atom. The molecule has 0 unspecified atom stereocenters. The van der Waals surface area contributed by atoms with Crippen molar-refractivity contribution in [1.29, 1.82) is 0 Å². The Balaban J connectivity index is 1.89. The van der Waals surface area contributed by atoms with E-state index in [0.717, 1.165) is 11.2 Å². The Kier molecular flexibility index (Phi) is 1.61. The van der Waals surface area contributed by atoms with E-state index in [0.29, 0.717) is 5.41 Å². The van der Waals surface area contributed by atoms with Crippen molar-refractivity contribution in [2.75, 3.05) is 0 Å². The topological polar surface area (TPSA) is 0 Å². The Morgan fingerprint density at radius 3 is 2.15 bits per heavy atom. The van der Waals surface area contributed by atoms with Gasteiger partial charge in [0.05, 0.1) is 0 Å². The minimum atomic E-state index is 0.634. The van der Waals surface area contributed by atoms with Gasteiger partial charge in [-0.15, -0.1) is 0 Å². The second-order valence-electron chi connectivity index (χ2n) is 4.59. The molecule has 0 saturated heterocycles. The van der Waals surface area contributed by atoms with Crippen LogP contribution in [0.25, 0.3) is 0 Å². The molecular formula is C12H13Br. The average molecular weight is 237 g/mol. The van der Waals surface area contributed by atoms with Crippen molar-refractivity contribution in [3.8, 4) is 0 Å². The van der Waals surface area contributed by atoms with Crippen LogP contribution in [0.1, 0.15) is 30.4 Å². The van der Waals surface area contributed by atoms with E-state index in [4.69, 9.17) is 0 Å². The van der Waals surface area contributed by atoms with Crippen LogP contribution in [0, 0.1) is 5.92 Å². The van der Waals surface area contributed by atoms with Crippen LogP contribution in [0.5, 0.6) is 0 Å². The summed E-state index contributed by atoms with van der Waals surface area (Å²) < 4.78 is 0. The lowest BCUT2D eigenvalue weighted by molar-refractivity contribution is -0.0274. The van der Waals surface area contributed by atoms with E-state index < -0.39 is 0 Å². The van der Waals surface area contributed by atoms with Gasteiger partial charge in [-0.25, -0.2) is 0 Å². The van der Waals surface area contributed by atoms with Crippen LogP contribution < -0.4 is 0 Å². The van der Waals surface area contributed by atoms with E-state index >= 15 is 0 Å². The Labute approximate surface area is 87.5 Å². The zero-order valence-corrected chi connectivity index (χ0v) is 9.18. The lowest BCUT2D eigenvalue weighted by Crippen LogP contribution is -2.55. The van der Waals surface area contributed by atoms with E-state index in [1.807, 2.05) is 0 Å². The predicted molar refractivity (Wildman–Crippen MR) is 58.1 cm³/mol. The third-order valence-corrected chi connectivity index (χ3v) is 4.41. The highest BCUT2D eigenvalue weighted by Crippen LogP contribution is 2.64. The quantitative estimate of drug-likeness (QED) is 0.689. The fourth-order valence-corrected chi connectivity index (χ4v) is 3.15. The molecule has 3 aliphatic carbocycles. The minimum Gasteiger partial charge on any atom is -0.0876 e. The van der Waals surface area contributed by atoms with Gasteiger partial charge < -0.3 is 0 Å². The molecule has 1 aromatic rings. The maximum absolute atomic E-state index is 3.47. The third-order valence-electron chi connectivity index (χ3n) is 3.76. The van der Waals surface area contributed by atoms with Gasteiger partial charge in [0.25, 0.3) is 0 Å². The van der Waals surface area contributed by atoms with Crippen LogP contribution in [-0.2, 0) is 10.7 Å². The summed E-state index contributed by atoms with van der Waals surface area (Å²) >= 11 is 3.47. The number of benzene rings is 1. The van der Waals surface area contributed by atoms with Crippen LogP contribution >= 0.6 is 15.9 Å². The summed E-state index contributed by atoms with van der Waals surface area (Å²) in [5, 5.41) is 0.975. The normalized spacial score (nSPS) is 35.0. The molecule has 0 aliphatic heterocycles. The molecule has 4 rings (SSSR count). The Bertz CT molecular complexity index is 308. The van der Waals surface area contributed by atoms with Gasteiger partial charge >= 0.3 is 0 Å². The first kappa shape index (κ1) is 8.05. The predicted octanol–water partition coefficient (Wildman–Crippen LogP) is 3.63. The fraction of sp³-hybridized carbons (Fsp3) is 0.500. The molecule has 1 heteroatoms. The van der Waals surface area contributed by atoms with Gasteiger partial charge in [0.15, 0.2) is 0 Å². The lowest BCUT2D eigenvalue weighted by atomic mass is 9.42. The van der Waals surface area contributed by atoms with Crippen LogP contribution in [0.4, 0.5) is 0 Å². The highest BCUT2D eigenvalue weighted by Gasteiger charge is 2.57. The van der Waals surface area contributed by atoms with Crippen LogP contribution in [0.15, 0.2) is 24.3 Å². The number of hydrogen-bond acceptors (Lipinski definition) is 0. The second-order valence-corrected chi connectivity index (χ2v) is 5.15. The molecule has 1 aromatic carbocycles. The van der Waals surface area contributed by atoms with Crippen molar-refractivity contribution in [2.24, 2.45) is 5.92 Å². The van der Waals surface area contributed by atoms with Gasteiger partial charge in [-0.05, 0) is 41.7 Å². The van der Waals surface area contributed by atoms with Gasteiger partial charge in [-0.2, -0.15) is 0 Å². The van der Waals surface area contributed by atoms with Gasteiger partial charge in [0, 0.05) is 5.33 Å². The summed E-state index contributed by atoms with van der Waals surface area (Å²) in [6, 6.07) is 9.16. The van der Waals surface area contributed by atoms with E-state index in [1.165, 1.54) is 24.8 Å². The van der Waals surface area contributed by atoms with Crippen molar-refractivity contribution in [1.82, 2.24) is 0 Å². The van der Waals surface area contributed by atoms with E-state index in [9.17, 15) is 0 Å². The molecular weight excluding hydrogens is 224 g/mol. The SMILES string of the molecule is BrCc1ccc(C23CC(C2)C3)cc1. The molecule has 68 valence electrons. The molecule has 0 amide bonds. The summed E-state index contributed by atoms with van der Waals surface area (Å²) in [5.41, 5.74) is 3.60. The summed E-state index contributed by atoms with van der Waals surface area (Å²) in [6.45, 7) is 0. The first-order valence-corrected chi connectivity index (χ1v) is 6.10. The van der Waals surface area contributed by atoms with Crippen molar-refractivity contribution < 1.29 is 0 Å². The summed E-state index contributed by atoms with van der Waals surface area (Å²) in [7, 11) is 0. The molecule has 0 radical (unpaired) electrons. The minimum absolute atomic E-state index is 0.634. The molecule has 0 spiro atoms. The number of rotatable bonds is 2. The van der Waals surface area contributed by atoms with Crippen molar-refractivity contribution in [3.05, 3.63) is 35.4 Å². The molecule has 0 N–H and O–H groups in total. The number of halogens is 1. The molecule has 0 nitrogen and oxygen atoms in total. The molecule has 13 heavy (non-hydrogen) atoms. The first-order valence-electron chi connectivity index (χ1n) is 4.98. The van der Waals surface area contributed by atoms with Gasteiger partial charge in [-0.3, -0.25) is 0 Å². The maximum Gasteiger partial charge on any atom is 0.0283 e. The van der Waals surface area contributed by atoms with Crippen molar-refractivity contribution in [3.63, 3.8) is 0 Å². The molecule has 3 aliphatic rings. The van der Waals surface area contributed by atoms with Crippen LogP contribution in [0.3, 0.4) is 0 Å². The van der Waals surface area contributed by atoms with E-state index in [1.54, 1.807) is 5.56 Å². The average Bonchev–Trinajstić information content (AvgIpc) is 2.00. The van der Waals surface area contributed by atoms with Gasteiger partial charge in [0.2, 0.25) is 0 Å². The molecule has 3 saturated carbocycles. The Morgan fingerprint density at radius 1 is 1.15 bits per heavy atom. The third kappa shape index (κ3) is 1.03. The molecule has 3 fully saturated rings. The molecule has 0 aromatic heterocycles. The maximum atomic E-state index is 3.47. The van der Waals surface area contributed by atoms with Gasteiger partial charge in [-0.1, -0.05) is 40.2 Å². The summed E-state index contributed by atoms with van der Waals surface area (Å²) in [5.74, 6) is 1.08. The monoisotopic (exact) mass is 236 g/mol. The summed E-state index contributed by atoms with van der Waals surface area (Å²) in [6.07, 6.45) is 4.38. The highest BCUT2D eigenvalue weighted by molar-refractivity contribution is 9.08. The summed E-state index contributed by atoms with van der Waals surface area (Å²) in [4.78, 5) is 0. The van der Waals surface area contributed by atoms with E-state index in [-0.39, 0.29) is 0 Å². The largest absolute Gasteiger partial charge is 0.0876 e. The Hall–Kier alpha value is -0.300. The highest BCUT2D eigenvalue weighted by atomic mass is 79.9. The van der Waals surface area contributed by atoms with Crippen LogP contribution in [-0.4, -0.2) is 0 Å². The van der Waals surface area contributed by atoms with Crippen molar-refractivity contribution >= 4 is 15.9 Å². The fourth-order valence-electron chi connectivity index (χ4n) is 2.78. The number of hydrogen-bond donors (Lipinski definition) is 0. The number of alkyl halides is 1. The zero-order valence-electron chi connectivity index (χ0n) is 7.59. The lowest BCUT2D eigenvalue weighted by Gasteiger charge is -2.62.